The molecule has 1 aliphatic heterocycles. The molecule has 6 heterocycles. The lowest BCUT2D eigenvalue weighted by atomic mass is 10.00. The fourth-order valence-electron chi connectivity index (χ4n) is 6.84. The van der Waals surface area contributed by atoms with E-state index in [0.717, 1.165) is 70.6 Å². The second-order valence-corrected chi connectivity index (χ2v) is 11.9. The monoisotopic (exact) mass is 594 g/mol. The molecule has 6 heteroatoms. The molecule has 5 aromatic heterocycles. The highest BCUT2D eigenvalue weighted by molar-refractivity contribution is 6.06. The van der Waals surface area contributed by atoms with Crippen molar-refractivity contribution in [2.75, 3.05) is 0 Å². The average Bonchev–Trinajstić information content (AvgIpc) is 3.63. The molecule has 46 heavy (non-hydrogen) atoms. The summed E-state index contributed by atoms with van der Waals surface area (Å²) in [6.07, 6.45) is 11.3. The van der Waals surface area contributed by atoms with Gasteiger partial charge in [-0.25, -0.2) is 19.9 Å². The third-order valence-corrected chi connectivity index (χ3v) is 9.06. The quantitative estimate of drug-likeness (QED) is 0.193. The highest BCUT2D eigenvalue weighted by atomic mass is 15.1. The molecule has 0 unspecified atom stereocenters. The zero-order valence-electron chi connectivity index (χ0n) is 25.2. The van der Waals surface area contributed by atoms with Crippen molar-refractivity contribution in [3.05, 3.63) is 156 Å². The van der Waals surface area contributed by atoms with E-state index in [1.54, 1.807) is 0 Å². The third kappa shape index (κ3) is 4.49. The van der Waals surface area contributed by atoms with Gasteiger partial charge in [0, 0.05) is 57.9 Å². The van der Waals surface area contributed by atoms with Crippen LogP contribution in [-0.4, -0.2) is 30.3 Å². The Hall–Kier alpha value is -5.88. The van der Waals surface area contributed by atoms with Crippen molar-refractivity contribution >= 4 is 45.1 Å². The molecule has 0 saturated heterocycles. The van der Waals surface area contributed by atoms with Crippen molar-refractivity contribution in [2.24, 2.45) is 4.99 Å². The van der Waals surface area contributed by atoms with Crippen LogP contribution in [0.5, 0.6) is 0 Å². The number of hydrogen-bond donors (Lipinski definition) is 0. The SMILES string of the molecule is C1=Nc2c(c3cccnc3n2-c2ccc(Cc3ccc(Cc4ccc(-n5c6ncccc6c6cccnc65)cc4)cc3)cc2)CC1. The first-order valence-electron chi connectivity index (χ1n) is 15.8. The van der Waals surface area contributed by atoms with E-state index in [-0.39, 0.29) is 0 Å². The number of aryl methyl sites for hydroxylation is 1. The zero-order chi connectivity index (χ0) is 30.5. The minimum Gasteiger partial charge on any atom is -0.278 e. The lowest BCUT2D eigenvalue weighted by Crippen LogP contribution is -1.99. The van der Waals surface area contributed by atoms with Gasteiger partial charge in [-0.2, -0.15) is 0 Å². The lowest BCUT2D eigenvalue weighted by molar-refractivity contribution is 0.994. The number of benzene rings is 3. The number of nitrogens with zero attached hydrogens (tertiary/aromatic N) is 6. The summed E-state index contributed by atoms with van der Waals surface area (Å²) in [6, 6.07) is 39.0. The summed E-state index contributed by atoms with van der Waals surface area (Å²) in [4.78, 5) is 18.8. The van der Waals surface area contributed by atoms with Gasteiger partial charge in [0.25, 0.3) is 0 Å². The Morgan fingerprint density at radius 3 is 1.43 bits per heavy atom. The van der Waals surface area contributed by atoms with E-state index in [9.17, 15) is 0 Å². The van der Waals surface area contributed by atoms with Gasteiger partial charge in [0.2, 0.25) is 0 Å². The van der Waals surface area contributed by atoms with Gasteiger partial charge in [-0.3, -0.25) is 9.13 Å². The topological polar surface area (TPSA) is 60.9 Å². The standard InChI is InChI=1S/C40H30N6/c1-5-33-34-6-2-22-42-38(34)45(37(33)41-21-1)31-17-13-29(14-18-31)25-27-9-11-28(12-10-27)26-30-15-19-32(20-16-30)46-39-35(7-3-23-43-39)36-8-4-24-44-40(36)46/h1-3,5-7,9-24H,4,8,25-26H2. The van der Waals surface area contributed by atoms with Crippen molar-refractivity contribution < 1.29 is 0 Å². The number of hydrogen-bond acceptors (Lipinski definition) is 4. The Balaban J connectivity index is 0.914. The molecule has 0 bridgehead atoms. The van der Waals surface area contributed by atoms with Crippen molar-refractivity contribution in [3.8, 4) is 11.4 Å². The van der Waals surface area contributed by atoms with Crippen LogP contribution < -0.4 is 0 Å². The second kappa shape index (κ2) is 10.9. The fourth-order valence-corrected chi connectivity index (χ4v) is 6.84. The number of fused-ring (bicyclic) bond motifs is 6. The largest absolute Gasteiger partial charge is 0.278 e. The molecule has 0 aliphatic carbocycles. The van der Waals surface area contributed by atoms with E-state index in [2.05, 4.69) is 110 Å². The van der Waals surface area contributed by atoms with E-state index < -0.39 is 0 Å². The van der Waals surface area contributed by atoms with Crippen LogP contribution in [0.2, 0.25) is 0 Å². The van der Waals surface area contributed by atoms with E-state index in [1.165, 1.54) is 33.2 Å². The molecular formula is C40H30N6. The predicted octanol–water partition coefficient (Wildman–Crippen LogP) is 8.74. The summed E-state index contributed by atoms with van der Waals surface area (Å²) in [5, 5.41) is 3.43. The summed E-state index contributed by atoms with van der Waals surface area (Å²) in [5.74, 6) is 1.01. The molecule has 0 radical (unpaired) electrons. The summed E-state index contributed by atoms with van der Waals surface area (Å²) in [7, 11) is 0. The first kappa shape index (κ1) is 26.5. The van der Waals surface area contributed by atoms with Crippen LogP contribution in [0.3, 0.4) is 0 Å². The molecule has 9 rings (SSSR count). The van der Waals surface area contributed by atoms with Crippen molar-refractivity contribution in [1.29, 1.82) is 0 Å². The van der Waals surface area contributed by atoms with Crippen molar-refractivity contribution in [1.82, 2.24) is 24.1 Å². The predicted molar refractivity (Wildman–Crippen MR) is 186 cm³/mol. The fraction of sp³-hybridized carbons (Fsp3) is 0.100. The molecule has 0 amide bonds. The van der Waals surface area contributed by atoms with Gasteiger partial charge in [0.15, 0.2) is 0 Å². The lowest BCUT2D eigenvalue weighted by Gasteiger charge is -2.11. The Bertz CT molecular complexity index is 2340. The van der Waals surface area contributed by atoms with E-state index in [4.69, 9.17) is 9.98 Å². The summed E-state index contributed by atoms with van der Waals surface area (Å²) >= 11 is 0. The first-order chi connectivity index (χ1) is 22.8. The molecule has 0 fully saturated rings. The van der Waals surface area contributed by atoms with Gasteiger partial charge >= 0.3 is 0 Å². The van der Waals surface area contributed by atoms with Gasteiger partial charge in [-0.05, 0) is 109 Å². The van der Waals surface area contributed by atoms with E-state index in [0.29, 0.717) is 0 Å². The maximum Gasteiger partial charge on any atom is 0.146 e. The van der Waals surface area contributed by atoms with Crippen LogP contribution in [-0.2, 0) is 19.3 Å². The molecular weight excluding hydrogens is 564 g/mol. The smallest absolute Gasteiger partial charge is 0.146 e. The molecule has 1 aliphatic rings. The van der Waals surface area contributed by atoms with Gasteiger partial charge in [0.1, 0.15) is 22.8 Å². The Morgan fingerprint density at radius 1 is 0.478 bits per heavy atom. The molecule has 220 valence electrons. The number of aromatic nitrogens is 5. The van der Waals surface area contributed by atoms with E-state index >= 15 is 0 Å². The molecule has 0 saturated carbocycles. The molecule has 0 N–H and O–H groups in total. The van der Waals surface area contributed by atoms with Crippen LogP contribution >= 0.6 is 0 Å². The average molecular weight is 595 g/mol. The van der Waals surface area contributed by atoms with Crippen LogP contribution in [0, 0.1) is 0 Å². The van der Waals surface area contributed by atoms with Gasteiger partial charge in [-0.15, -0.1) is 0 Å². The maximum absolute atomic E-state index is 4.76. The van der Waals surface area contributed by atoms with Gasteiger partial charge in [-0.1, -0.05) is 48.5 Å². The highest BCUT2D eigenvalue weighted by Crippen LogP contribution is 2.37. The highest BCUT2D eigenvalue weighted by Gasteiger charge is 2.20. The minimum absolute atomic E-state index is 0.880. The van der Waals surface area contributed by atoms with Crippen LogP contribution in [0.15, 0.2) is 133 Å². The van der Waals surface area contributed by atoms with Crippen molar-refractivity contribution in [2.45, 2.75) is 25.7 Å². The molecule has 6 nitrogen and oxygen atoms in total. The Labute approximate surface area is 266 Å². The summed E-state index contributed by atoms with van der Waals surface area (Å²) in [5.41, 5.74) is 11.4. The van der Waals surface area contributed by atoms with Crippen LogP contribution in [0.1, 0.15) is 34.2 Å². The second-order valence-electron chi connectivity index (χ2n) is 11.9. The Morgan fingerprint density at radius 2 is 0.913 bits per heavy atom. The summed E-state index contributed by atoms with van der Waals surface area (Å²) in [6.45, 7) is 0. The number of rotatable bonds is 6. The van der Waals surface area contributed by atoms with Crippen LogP contribution in [0.4, 0.5) is 5.82 Å². The minimum atomic E-state index is 0.880. The third-order valence-electron chi connectivity index (χ3n) is 9.06. The normalized spacial score (nSPS) is 12.7. The van der Waals surface area contributed by atoms with E-state index in [1.807, 2.05) is 43.0 Å². The maximum atomic E-state index is 4.76. The van der Waals surface area contributed by atoms with Crippen molar-refractivity contribution in [3.63, 3.8) is 0 Å². The first-order valence-corrected chi connectivity index (χ1v) is 15.8. The Kier molecular flexibility index (Phi) is 6.30. The zero-order valence-corrected chi connectivity index (χ0v) is 25.2. The molecule has 0 atom stereocenters. The van der Waals surface area contributed by atoms with Gasteiger partial charge in [0.05, 0.1) is 0 Å². The molecule has 0 spiro atoms. The number of aliphatic imine (C=N–C) groups is 1. The van der Waals surface area contributed by atoms with Crippen LogP contribution in [0.25, 0.3) is 44.5 Å². The molecule has 8 aromatic rings. The molecule has 3 aromatic carbocycles. The summed E-state index contributed by atoms with van der Waals surface area (Å²) < 4.78 is 4.34. The number of pyridine rings is 3. The van der Waals surface area contributed by atoms with Gasteiger partial charge < -0.3 is 0 Å².